The fourth-order valence-electron chi connectivity index (χ4n) is 1.36. The molecule has 0 aliphatic rings. The van der Waals surface area contributed by atoms with Crippen LogP contribution in [0, 0.1) is 0 Å². The molecule has 0 bridgehead atoms. The van der Waals surface area contributed by atoms with Crippen LogP contribution in [-0.4, -0.2) is 36.9 Å². The molecule has 0 saturated heterocycles. The van der Waals surface area contributed by atoms with Crippen molar-refractivity contribution in [3.8, 4) is 0 Å². The molecule has 0 radical (unpaired) electrons. The number of alkyl carbamates (subject to hydrolysis) is 1. The first-order chi connectivity index (χ1) is 8.76. The molecule has 0 fully saturated rings. The molecule has 0 rings (SSSR count). The van der Waals surface area contributed by atoms with Gasteiger partial charge in [-0.15, -0.1) is 24.8 Å². The zero-order valence-electron chi connectivity index (χ0n) is 13.1. The van der Waals surface area contributed by atoms with E-state index in [-0.39, 0.29) is 30.8 Å². The monoisotopic (exact) mass is 346 g/mol. The summed E-state index contributed by atoms with van der Waals surface area (Å²) in [5.41, 5.74) is 5.15. The molecule has 3 N–H and O–H groups in total. The molecule has 0 aromatic heterocycles. The smallest absolute Gasteiger partial charge is 0.407 e. The van der Waals surface area contributed by atoms with Crippen LogP contribution >= 0.6 is 24.8 Å². The van der Waals surface area contributed by atoms with Crippen LogP contribution in [0.4, 0.5) is 4.79 Å². The molecule has 1 amide bonds. The number of amides is 1. The first kappa shape index (κ1) is 25.2. The number of nitrogens with one attached hydrogen (secondary N) is 1. The third kappa shape index (κ3) is 15.5. The Kier molecular flexibility index (Phi) is 15.6. The molecule has 0 aliphatic carbocycles. The number of carbonyl (C=O) groups is 2. The Bertz CT molecular complexity index is 296. The molecule has 0 heterocycles. The molecule has 21 heavy (non-hydrogen) atoms. The highest BCUT2D eigenvalue weighted by atomic mass is 35.5. The lowest BCUT2D eigenvalue weighted by molar-refractivity contribution is -0.144. The molecule has 0 saturated carbocycles. The summed E-state index contributed by atoms with van der Waals surface area (Å²) in [6.45, 7) is 8.02. The van der Waals surface area contributed by atoms with Gasteiger partial charge in [0.25, 0.3) is 0 Å². The minimum atomic E-state index is -0.582. The lowest BCUT2D eigenvalue weighted by Crippen LogP contribution is -2.34. The molecule has 0 aromatic carbocycles. The zero-order valence-corrected chi connectivity index (χ0v) is 14.8. The average molecular weight is 347 g/mol. The van der Waals surface area contributed by atoms with Crippen LogP contribution in [0.2, 0.25) is 0 Å². The zero-order chi connectivity index (χ0) is 14.9. The van der Waals surface area contributed by atoms with Gasteiger partial charge in [-0.2, -0.15) is 0 Å². The summed E-state index contributed by atoms with van der Waals surface area (Å²) < 4.78 is 9.89. The normalized spacial score (nSPS) is 11.5. The van der Waals surface area contributed by atoms with E-state index >= 15 is 0 Å². The summed E-state index contributed by atoms with van der Waals surface area (Å²) in [5.74, 6) is -0.373. The van der Waals surface area contributed by atoms with E-state index in [0.717, 1.165) is 12.8 Å². The lowest BCUT2D eigenvalue weighted by Gasteiger charge is -2.19. The molecule has 128 valence electrons. The Balaban J connectivity index is -0.00000162. The van der Waals surface area contributed by atoms with Gasteiger partial charge in [-0.05, 0) is 47.0 Å². The van der Waals surface area contributed by atoms with Crippen molar-refractivity contribution in [1.29, 1.82) is 0 Å². The number of rotatable bonds is 7. The number of unbranched alkanes of at least 4 members (excludes halogenated alkanes) is 1. The van der Waals surface area contributed by atoms with E-state index in [1.54, 1.807) is 6.92 Å². The van der Waals surface area contributed by atoms with Crippen LogP contribution in [0.25, 0.3) is 0 Å². The second-order valence-corrected chi connectivity index (χ2v) is 5.28. The van der Waals surface area contributed by atoms with Crippen LogP contribution in [0.3, 0.4) is 0 Å². The quantitative estimate of drug-likeness (QED) is 0.545. The topological polar surface area (TPSA) is 90.6 Å². The number of ether oxygens (including phenoxy) is 2. The predicted octanol–water partition coefficient (Wildman–Crippen LogP) is 2.42. The van der Waals surface area contributed by atoms with E-state index in [1.807, 2.05) is 20.8 Å². The van der Waals surface area contributed by atoms with Crippen molar-refractivity contribution in [3.63, 3.8) is 0 Å². The van der Waals surface area contributed by atoms with Gasteiger partial charge in [0.1, 0.15) is 11.6 Å². The number of hydrogen-bond donors (Lipinski definition) is 2. The lowest BCUT2D eigenvalue weighted by atomic mass is 10.1. The van der Waals surface area contributed by atoms with Gasteiger partial charge < -0.3 is 20.5 Å². The van der Waals surface area contributed by atoms with Crippen molar-refractivity contribution in [1.82, 2.24) is 5.32 Å². The van der Waals surface area contributed by atoms with E-state index in [9.17, 15) is 9.59 Å². The average Bonchev–Trinajstić information content (AvgIpc) is 2.26. The minimum absolute atomic E-state index is 0. The van der Waals surface area contributed by atoms with Gasteiger partial charge >= 0.3 is 12.1 Å². The first-order valence-electron chi connectivity index (χ1n) is 6.65. The number of carbonyl (C=O) groups excluding carboxylic acids is 2. The third-order valence-electron chi connectivity index (χ3n) is 2.20. The van der Waals surface area contributed by atoms with E-state index < -0.39 is 17.7 Å². The van der Waals surface area contributed by atoms with Crippen molar-refractivity contribution in [3.05, 3.63) is 0 Å². The summed E-state index contributed by atoms with van der Waals surface area (Å²) in [6, 6.07) is -0.582. The Morgan fingerprint density at radius 1 is 1.19 bits per heavy atom. The Morgan fingerprint density at radius 3 is 2.24 bits per heavy atom. The molecule has 1 atom stereocenters. The molecule has 0 aliphatic heterocycles. The number of esters is 1. The summed E-state index contributed by atoms with van der Waals surface area (Å²) in [5, 5.41) is 2.65. The number of hydrogen-bond acceptors (Lipinski definition) is 5. The summed E-state index contributed by atoms with van der Waals surface area (Å²) in [6.07, 6.45) is 1.61. The van der Waals surface area contributed by atoms with Crippen molar-refractivity contribution in [2.45, 2.75) is 58.6 Å². The first-order valence-corrected chi connectivity index (χ1v) is 6.65. The van der Waals surface area contributed by atoms with Gasteiger partial charge in [0.05, 0.1) is 6.61 Å². The highest BCUT2D eigenvalue weighted by Gasteiger charge is 2.16. The van der Waals surface area contributed by atoms with Gasteiger partial charge in [-0.3, -0.25) is 4.79 Å². The van der Waals surface area contributed by atoms with E-state index in [2.05, 4.69) is 5.32 Å². The molecule has 8 heteroatoms. The van der Waals surface area contributed by atoms with Crippen molar-refractivity contribution in [2.24, 2.45) is 5.73 Å². The molecular weight excluding hydrogens is 319 g/mol. The van der Waals surface area contributed by atoms with Crippen LogP contribution in [0.5, 0.6) is 0 Å². The van der Waals surface area contributed by atoms with Gasteiger partial charge in [-0.25, -0.2) is 4.79 Å². The molecular formula is C13H28Cl2N2O4. The van der Waals surface area contributed by atoms with Crippen molar-refractivity contribution >= 4 is 36.9 Å². The maximum absolute atomic E-state index is 11.3. The van der Waals surface area contributed by atoms with Crippen LogP contribution in [0.1, 0.15) is 47.0 Å². The van der Waals surface area contributed by atoms with E-state index in [1.165, 1.54) is 0 Å². The minimum Gasteiger partial charge on any atom is -0.465 e. The summed E-state index contributed by atoms with van der Waals surface area (Å²) in [7, 11) is 0. The number of nitrogens with two attached hydrogens (primary N) is 1. The number of halogens is 2. The summed E-state index contributed by atoms with van der Waals surface area (Å²) >= 11 is 0. The fraction of sp³-hybridized carbons (Fsp3) is 0.846. The van der Waals surface area contributed by atoms with Gasteiger partial charge in [0, 0.05) is 6.54 Å². The highest BCUT2D eigenvalue weighted by molar-refractivity contribution is 5.85. The van der Waals surface area contributed by atoms with Crippen LogP contribution in [-0.2, 0) is 14.3 Å². The Hall–Kier alpha value is -0.720. The maximum Gasteiger partial charge on any atom is 0.407 e. The Labute approximate surface area is 139 Å². The Morgan fingerprint density at radius 2 is 1.76 bits per heavy atom. The van der Waals surface area contributed by atoms with Crippen LogP contribution in [0.15, 0.2) is 0 Å². The molecule has 6 nitrogen and oxygen atoms in total. The molecule has 0 unspecified atom stereocenters. The third-order valence-corrected chi connectivity index (χ3v) is 2.20. The maximum atomic E-state index is 11.3. The van der Waals surface area contributed by atoms with Gasteiger partial charge in [-0.1, -0.05) is 0 Å². The largest absolute Gasteiger partial charge is 0.465 e. The highest BCUT2D eigenvalue weighted by Crippen LogP contribution is 2.06. The van der Waals surface area contributed by atoms with Gasteiger partial charge in [0.15, 0.2) is 0 Å². The predicted molar refractivity (Wildman–Crippen MR) is 87.2 cm³/mol. The molecule has 0 aromatic rings. The van der Waals surface area contributed by atoms with Crippen molar-refractivity contribution in [2.75, 3.05) is 13.2 Å². The second kappa shape index (κ2) is 13.0. The summed E-state index contributed by atoms with van der Waals surface area (Å²) in [4.78, 5) is 22.6. The molecule has 0 spiro atoms. The fourth-order valence-corrected chi connectivity index (χ4v) is 1.36. The van der Waals surface area contributed by atoms with E-state index in [4.69, 9.17) is 15.2 Å². The van der Waals surface area contributed by atoms with Crippen LogP contribution < -0.4 is 11.1 Å². The standard InChI is InChI=1S/C13H26N2O4.2ClH/c1-5-18-11(16)10(14)8-6-7-9-15-12(17)19-13(2,3)4;;/h10H,5-9,14H2,1-4H3,(H,15,17);2*1H/t10-;;/m0../s1. The van der Waals surface area contributed by atoms with E-state index in [0.29, 0.717) is 19.6 Å². The SMILES string of the molecule is CCOC(=O)[C@@H](N)CCCCNC(=O)OC(C)(C)C.Cl.Cl. The second-order valence-electron chi connectivity index (χ2n) is 5.28. The van der Waals surface area contributed by atoms with Gasteiger partial charge in [0.2, 0.25) is 0 Å². The van der Waals surface area contributed by atoms with Crippen molar-refractivity contribution < 1.29 is 19.1 Å².